The van der Waals surface area contributed by atoms with Gasteiger partial charge in [-0.05, 0) is 12.8 Å². The summed E-state index contributed by atoms with van der Waals surface area (Å²) >= 11 is 0. The maximum Gasteiger partial charge on any atom is 0.328 e. The Morgan fingerprint density at radius 3 is 2.36 bits per heavy atom. The van der Waals surface area contributed by atoms with Crippen molar-refractivity contribution in [3.63, 3.8) is 0 Å². The third-order valence-corrected chi connectivity index (χ3v) is 2.44. The van der Waals surface area contributed by atoms with Crippen LogP contribution in [0.15, 0.2) is 0 Å². The zero-order chi connectivity index (χ0) is 10.7. The van der Waals surface area contributed by atoms with E-state index in [1.807, 2.05) is 0 Å². The second-order valence-electron chi connectivity index (χ2n) is 3.23. The minimum atomic E-state index is -0.484. The van der Waals surface area contributed by atoms with Crippen LogP contribution in [-0.4, -0.2) is 43.3 Å². The monoisotopic (exact) mass is 201 g/mol. The van der Waals surface area contributed by atoms with Crippen molar-refractivity contribution in [1.29, 1.82) is 0 Å². The Bertz CT molecular complexity index is 241. The predicted octanol–water partition coefficient (Wildman–Crippen LogP) is 0.143. The lowest BCUT2D eigenvalue weighted by atomic mass is 10.2. The van der Waals surface area contributed by atoms with E-state index in [1.54, 1.807) is 0 Å². The molecule has 1 amide bonds. The Morgan fingerprint density at radius 2 is 1.93 bits per heavy atom. The molecular formula is C9H15NO4. The quantitative estimate of drug-likeness (QED) is 0.596. The number of rotatable bonds is 2. The molecule has 1 fully saturated rings. The van der Waals surface area contributed by atoms with Gasteiger partial charge in [0.2, 0.25) is 5.91 Å². The van der Waals surface area contributed by atoms with Crippen LogP contribution in [-0.2, 0) is 19.1 Å². The fraction of sp³-hybridized carbons (Fsp3) is 0.778. The maximum atomic E-state index is 11.3. The minimum absolute atomic E-state index is 0.162. The molecule has 14 heavy (non-hydrogen) atoms. The second kappa shape index (κ2) is 4.41. The van der Waals surface area contributed by atoms with Crippen LogP contribution in [0.1, 0.15) is 19.8 Å². The molecule has 80 valence electrons. The van der Waals surface area contributed by atoms with Crippen LogP contribution < -0.4 is 0 Å². The molecule has 0 radical (unpaired) electrons. The van der Waals surface area contributed by atoms with Crippen LogP contribution >= 0.6 is 0 Å². The van der Waals surface area contributed by atoms with Gasteiger partial charge in [-0.2, -0.15) is 0 Å². The number of methoxy groups -OCH3 is 2. The van der Waals surface area contributed by atoms with E-state index in [2.05, 4.69) is 4.74 Å². The number of amides is 1. The first-order chi connectivity index (χ1) is 6.61. The molecule has 0 N–H and O–H groups in total. The van der Waals surface area contributed by atoms with Crippen molar-refractivity contribution in [3.05, 3.63) is 0 Å². The zero-order valence-corrected chi connectivity index (χ0v) is 8.65. The van der Waals surface area contributed by atoms with Crippen molar-refractivity contribution < 1.29 is 19.1 Å². The summed E-state index contributed by atoms with van der Waals surface area (Å²) in [6.45, 7) is 1.42. The number of ether oxygens (including phenoxy) is 2. The molecule has 1 saturated heterocycles. The molecule has 5 heteroatoms. The molecule has 0 aliphatic carbocycles. The molecule has 0 bridgehead atoms. The molecule has 0 spiro atoms. The zero-order valence-electron chi connectivity index (χ0n) is 8.65. The highest BCUT2D eigenvalue weighted by Crippen LogP contribution is 2.25. The van der Waals surface area contributed by atoms with E-state index < -0.39 is 6.04 Å². The van der Waals surface area contributed by atoms with E-state index in [1.165, 1.54) is 26.0 Å². The van der Waals surface area contributed by atoms with E-state index in [4.69, 9.17) is 4.74 Å². The Kier molecular flexibility index (Phi) is 3.46. The number of carbonyl (C=O) groups is 2. The van der Waals surface area contributed by atoms with Gasteiger partial charge in [-0.1, -0.05) is 0 Å². The van der Waals surface area contributed by atoms with Crippen LogP contribution in [0.4, 0.5) is 0 Å². The van der Waals surface area contributed by atoms with Crippen LogP contribution in [0.2, 0.25) is 0 Å². The number of esters is 1. The van der Waals surface area contributed by atoms with Crippen LogP contribution in [0, 0.1) is 0 Å². The molecule has 0 aromatic heterocycles. The minimum Gasteiger partial charge on any atom is -0.467 e. The first kappa shape index (κ1) is 11.0. The number of hydrogen-bond donors (Lipinski definition) is 0. The van der Waals surface area contributed by atoms with E-state index in [9.17, 15) is 9.59 Å². The van der Waals surface area contributed by atoms with Gasteiger partial charge in [-0.25, -0.2) is 4.79 Å². The summed E-state index contributed by atoms with van der Waals surface area (Å²) in [5.41, 5.74) is 0. The van der Waals surface area contributed by atoms with Crippen molar-refractivity contribution in [3.8, 4) is 0 Å². The normalized spacial score (nSPS) is 26.4. The molecule has 0 saturated carbocycles. The summed E-state index contributed by atoms with van der Waals surface area (Å²) in [5, 5.41) is 0. The van der Waals surface area contributed by atoms with Gasteiger partial charge in [0.1, 0.15) is 12.3 Å². The fourth-order valence-electron chi connectivity index (χ4n) is 1.80. The molecule has 1 rings (SSSR count). The summed E-state index contributed by atoms with van der Waals surface area (Å²) in [4.78, 5) is 24.0. The summed E-state index contributed by atoms with van der Waals surface area (Å²) in [6, 6.07) is -0.484. The van der Waals surface area contributed by atoms with E-state index >= 15 is 0 Å². The van der Waals surface area contributed by atoms with Crippen LogP contribution in [0.25, 0.3) is 0 Å². The molecule has 2 atom stereocenters. The van der Waals surface area contributed by atoms with E-state index in [0.717, 1.165) is 0 Å². The second-order valence-corrected chi connectivity index (χ2v) is 3.23. The van der Waals surface area contributed by atoms with Crippen LogP contribution in [0.5, 0.6) is 0 Å². The summed E-state index contributed by atoms with van der Waals surface area (Å²) in [6.07, 6.45) is 0.984. The molecule has 0 aromatic carbocycles. The van der Waals surface area contributed by atoms with E-state index in [0.29, 0.717) is 12.8 Å². The first-order valence-corrected chi connectivity index (χ1v) is 4.51. The molecular weight excluding hydrogens is 186 g/mol. The first-order valence-electron chi connectivity index (χ1n) is 4.51. The molecule has 5 nitrogen and oxygen atoms in total. The van der Waals surface area contributed by atoms with Crippen LogP contribution in [0.3, 0.4) is 0 Å². The molecule has 1 aliphatic heterocycles. The van der Waals surface area contributed by atoms with Gasteiger partial charge < -0.3 is 14.4 Å². The van der Waals surface area contributed by atoms with Crippen molar-refractivity contribution >= 4 is 11.9 Å². The topological polar surface area (TPSA) is 55.8 Å². The average molecular weight is 201 g/mol. The lowest BCUT2D eigenvalue weighted by molar-refractivity contribution is -0.156. The Hall–Kier alpha value is -1.10. The Labute approximate surface area is 83.0 Å². The molecule has 1 heterocycles. The Balaban J connectivity index is 2.78. The summed E-state index contributed by atoms with van der Waals surface area (Å²) in [7, 11) is 2.85. The SMILES string of the molecule is COC(=O)[C@@H]1CCC(OC)N1C(C)=O. The third-order valence-electron chi connectivity index (χ3n) is 2.44. The maximum absolute atomic E-state index is 11.3. The fourth-order valence-corrected chi connectivity index (χ4v) is 1.80. The molecule has 1 unspecified atom stereocenters. The smallest absolute Gasteiger partial charge is 0.328 e. The van der Waals surface area contributed by atoms with Crippen molar-refractivity contribution in [1.82, 2.24) is 4.90 Å². The van der Waals surface area contributed by atoms with Crippen molar-refractivity contribution in [2.24, 2.45) is 0 Å². The molecule has 1 aliphatic rings. The summed E-state index contributed by atoms with van der Waals surface area (Å²) in [5.74, 6) is -0.537. The highest BCUT2D eigenvalue weighted by Gasteiger charge is 2.40. The summed E-state index contributed by atoms with van der Waals surface area (Å²) < 4.78 is 9.73. The predicted molar refractivity (Wildman–Crippen MR) is 48.4 cm³/mol. The lowest BCUT2D eigenvalue weighted by Gasteiger charge is -2.26. The van der Waals surface area contributed by atoms with Gasteiger partial charge in [0.25, 0.3) is 0 Å². The molecule has 0 aromatic rings. The van der Waals surface area contributed by atoms with Gasteiger partial charge in [-0.3, -0.25) is 4.79 Å². The van der Waals surface area contributed by atoms with Crippen molar-refractivity contribution in [2.45, 2.75) is 32.0 Å². The number of hydrogen-bond acceptors (Lipinski definition) is 4. The average Bonchev–Trinajstić information content (AvgIpc) is 2.59. The number of carbonyl (C=O) groups excluding carboxylic acids is 2. The van der Waals surface area contributed by atoms with Gasteiger partial charge in [0.15, 0.2) is 0 Å². The van der Waals surface area contributed by atoms with Gasteiger partial charge in [0.05, 0.1) is 7.11 Å². The third kappa shape index (κ3) is 1.87. The van der Waals surface area contributed by atoms with Gasteiger partial charge in [-0.15, -0.1) is 0 Å². The lowest BCUT2D eigenvalue weighted by Crippen LogP contribution is -2.44. The number of likely N-dealkylation sites (tertiary alicyclic amines) is 1. The van der Waals surface area contributed by atoms with Gasteiger partial charge >= 0.3 is 5.97 Å². The van der Waals surface area contributed by atoms with E-state index in [-0.39, 0.29) is 18.1 Å². The highest BCUT2D eigenvalue weighted by atomic mass is 16.5. The highest BCUT2D eigenvalue weighted by molar-refractivity contribution is 5.84. The largest absolute Gasteiger partial charge is 0.467 e. The number of nitrogens with zero attached hydrogens (tertiary/aromatic N) is 1. The standard InChI is InChI=1S/C9H15NO4/c1-6(11)10-7(9(12)14-3)4-5-8(10)13-2/h7-8H,4-5H2,1-3H3/t7-,8?/m0/s1. The van der Waals surface area contributed by atoms with Gasteiger partial charge in [0, 0.05) is 14.0 Å². The Morgan fingerprint density at radius 1 is 1.29 bits per heavy atom. The van der Waals surface area contributed by atoms with Crippen molar-refractivity contribution in [2.75, 3.05) is 14.2 Å².